The predicted octanol–water partition coefficient (Wildman–Crippen LogP) is 2.38. The number of rotatable bonds is 6. The van der Waals surface area contributed by atoms with E-state index in [0.717, 1.165) is 12.8 Å². The van der Waals surface area contributed by atoms with Crippen LogP contribution in [0, 0.1) is 6.92 Å². The molecule has 0 unspecified atom stereocenters. The van der Waals surface area contributed by atoms with E-state index in [1.165, 1.54) is 36.0 Å². The van der Waals surface area contributed by atoms with E-state index in [1.807, 2.05) is 6.07 Å². The van der Waals surface area contributed by atoms with Crippen LogP contribution in [0.5, 0.6) is 5.75 Å². The van der Waals surface area contributed by atoms with Crippen LogP contribution in [0.3, 0.4) is 0 Å². The minimum Gasteiger partial charge on any atom is -0.495 e. The van der Waals surface area contributed by atoms with Crippen molar-refractivity contribution in [3.63, 3.8) is 0 Å². The molecule has 1 aliphatic rings. The number of nitrogens with zero attached hydrogens (tertiary/aromatic N) is 4. The van der Waals surface area contributed by atoms with E-state index in [4.69, 9.17) is 4.74 Å². The molecule has 0 radical (unpaired) electrons. The number of hydrogen-bond donors (Lipinski definition) is 1. The van der Waals surface area contributed by atoms with Gasteiger partial charge in [0.25, 0.3) is 16.1 Å². The number of para-hydroxylation sites is 2. The van der Waals surface area contributed by atoms with Crippen LogP contribution in [0.1, 0.15) is 47.2 Å². The monoisotopic (exact) mass is 433 g/mol. The zero-order valence-electron chi connectivity index (χ0n) is 17.6. The molecule has 0 spiro atoms. The summed E-state index contributed by atoms with van der Waals surface area (Å²) in [6.45, 7) is 2.14. The van der Waals surface area contributed by atoms with E-state index < -0.39 is 16.3 Å². The highest BCUT2D eigenvalue weighted by Crippen LogP contribution is 2.32. The molecule has 1 amide bonds. The summed E-state index contributed by atoms with van der Waals surface area (Å²) in [5, 5.41) is 2.81. The molecule has 30 heavy (non-hydrogen) atoms. The first-order valence-corrected chi connectivity index (χ1v) is 11.1. The molecule has 1 aromatic carbocycles. The van der Waals surface area contributed by atoms with Crippen LogP contribution in [0.15, 0.2) is 30.5 Å². The fourth-order valence-corrected chi connectivity index (χ4v) is 4.76. The Bertz CT molecular complexity index is 1030. The van der Waals surface area contributed by atoms with Crippen molar-refractivity contribution in [1.29, 1.82) is 0 Å². The van der Waals surface area contributed by atoms with Gasteiger partial charge in [0, 0.05) is 26.8 Å². The lowest BCUT2D eigenvalue weighted by Crippen LogP contribution is -2.45. The lowest BCUT2D eigenvalue weighted by atomic mass is 10.0. The summed E-state index contributed by atoms with van der Waals surface area (Å²) in [5.41, 5.74) is 1.35. The summed E-state index contributed by atoms with van der Waals surface area (Å²) >= 11 is 0. The summed E-state index contributed by atoms with van der Waals surface area (Å²) in [6.07, 6.45) is 3.78. The van der Waals surface area contributed by atoms with Gasteiger partial charge in [0.05, 0.1) is 30.1 Å². The Morgan fingerprint density at radius 3 is 2.67 bits per heavy atom. The van der Waals surface area contributed by atoms with Crippen LogP contribution in [-0.2, 0) is 10.2 Å². The van der Waals surface area contributed by atoms with Gasteiger partial charge in [-0.15, -0.1) is 0 Å². The zero-order chi connectivity index (χ0) is 21.9. The molecule has 0 aliphatic carbocycles. The van der Waals surface area contributed by atoms with Crippen LogP contribution >= 0.6 is 0 Å². The molecular formula is C20H27N5O4S. The standard InChI is InChI=1S/C20H27N5O4S/c1-14-15(20(26)23-16-9-5-6-11-18(16)29-4)13-21-19(22-14)17-10-7-8-12-25(17)30(27,28)24(2)3/h5-6,9,11,13,17H,7-8,10,12H2,1-4H3,(H,23,26)/t17-/m1/s1. The molecular weight excluding hydrogens is 406 g/mol. The minimum absolute atomic E-state index is 0.322. The molecule has 0 bridgehead atoms. The highest BCUT2D eigenvalue weighted by molar-refractivity contribution is 7.86. The quantitative estimate of drug-likeness (QED) is 0.750. The Hall–Kier alpha value is -2.56. The van der Waals surface area contributed by atoms with Crippen molar-refractivity contribution in [3.8, 4) is 5.75 Å². The molecule has 1 aromatic heterocycles. The number of nitrogens with one attached hydrogen (secondary N) is 1. The molecule has 1 fully saturated rings. The number of aromatic nitrogens is 2. The van der Waals surface area contributed by atoms with Gasteiger partial charge in [-0.25, -0.2) is 9.97 Å². The van der Waals surface area contributed by atoms with Crippen molar-refractivity contribution in [3.05, 3.63) is 47.5 Å². The molecule has 1 N–H and O–H groups in total. The number of aryl methyl sites for hydroxylation is 1. The van der Waals surface area contributed by atoms with E-state index in [0.29, 0.717) is 41.5 Å². The molecule has 2 heterocycles. The van der Waals surface area contributed by atoms with Gasteiger partial charge in [0.2, 0.25) is 0 Å². The van der Waals surface area contributed by atoms with E-state index in [1.54, 1.807) is 25.1 Å². The van der Waals surface area contributed by atoms with Crippen molar-refractivity contribution in [2.45, 2.75) is 32.2 Å². The smallest absolute Gasteiger partial charge is 0.282 e. The Morgan fingerprint density at radius 1 is 1.27 bits per heavy atom. The van der Waals surface area contributed by atoms with E-state index in [2.05, 4.69) is 15.3 Å². The number of ether oxygens (including phenoxy) is 1. The van der Waals surface area contributed by atoms with Gasteiger partial charge in [-0.2, -0.15) is 17.0 Å². The maximum Gasteiger partial charge on any atom is 0.282 e. The number of carbonyl (C=O) groups excluding carboxylic acids is 1. The van der Waals surface area contributed by atoms with Crippen molar-refractivity contribution in [2.24, 2.45) is 0 Å². The van der Waals surface area contributed by atoms with Gasteiger partial charge < -0.3 is 10.1 Å². The molecule has 3 rings (SSSR count). The van der Waals surface area contributed by atoms with Crippen LogP contribution in [0.4, 0.5) is 5.69 Å². The molecule has 2 aromatic rings. The number of hydrogen-bond acceptors (Lipinski definition) is 6. The van der Waals surface area contributed by atoms with Crippen molar-refractivity contribution < 1.29 is 17.9 Å². The van der Waals surface area contributed by atoms with E-state index in [9.17, 15) is 13.2 Å². The van der Waals surface area contributed by atoms with Gasteiger partial charge in [0.1, 0.15) is 11.6 Å². The van der Waals surface area contributed by atoms with Gasteiger partial charge >= 0.3 is 0 Å². The maximum absolute atomic E-state index is 12.7. The predicted molar refractivity (Wildman–Crippen MR) is 114 cm³/mol. The summed E-state index contributed by atoms with van der Waals surface area (Å²) < 4.78 is 33.3. The molecule has 9 nitrogen and oxygen atoms in total. The van der Waals surface area contributed by atoms with Crippen LogP contribution < -0.4 is 10.1 Å². The first-order valence-electron chi connectivity index (χ1n) is 9.73. The van der Waals surface area contributed by atoms with Crippen LogP contribution in [0.25, 0.3) is 0 Å². The third kappa shape index (κ3) is 4.45. The summed E-state index contributed by atoms with van der Waals surface area (Å²) in [6, 6.07) is 6.66. The average Bonchev–Trinajstić information content (AvgIpc) is 2.73. The van der Waals surface area contributed by atoms with Gasteiger partial charge in [-0.05, 0) is 31.9 Å². The average molecular weight is 434 g/mol. The fraction of sp³-hybridized carbons (Fsp3) is 0.450. The van der Waals surface area contributed by atoms with Gasteiger partial charge in [0.15, 0.2) is 0 Å². The second-order valence-electron chi connectivity index (χ2n) is 7.29. The molecule has 10 heteroatoms. The summed E-state index contributed by atoms with van der Waals surface area (Å²) in [7, 11) is 0.967. The second-order valence-corrected chi connectivity index (χ2v) is 9.39. The molecule has 1 aliphatic heterocycles. The number of piperidine rings is 1. The third-order valence-electron chi connectivity index (χ3n) is 5.11. The first kappa shape index (κ1) is 22.1. The molecule has 0 saturated carbocycles. The Kier molecular flexibility index (Phi) is 6.69. The Balaban J connectivity index is 1.86. The number of amides is 1. The van der Waals surface area contributed by atoms with Crippen molar-refractivity contribution in [2.75, 3.05) is 33.1 Å². The normalized spacial score (nSPS) is 17.7. The first-order chi connectivity index (χ1) is 14.3. The van der Waals surface area contributed by atoms with Crippen LogP contribution in [-0.4, -0.2) is 60.7 Å². The fourth-order valence-electron chi connectivity index (χ4n) is 3.46. The number of benzene rings is 1. The maximum atomic E-state index is 12.7. The van der Waals surface area contributed by atoms with E-state index in [-0.39, 0.29) is 5.91 Å². The highest BCUT2D eigenvalue weighted by Gasteiger charge is 2.36. The minimum atomic E-state index is -3.59. The van der Waals surface area contributed by atoms with Gasteiger partial charge in [-0.1, -0.05) is 18.6 Å². The third-order valence-corrected chi connectivity index (χ3v) is 7.06. The molecule has 1 saturated heterocycles. The SMILES string of the molecule is COc1ccccc1NC(=O)c1cnc([C@H]2CCCCN2S(=O)(=O)N(C)C)nc1C. The van der Waals surface area contributed by atoms with Crippen molar-refractivity contribution >= 4 is 21.8 Å². The molecule has 1 atom stereocenters. The zero-order valence-corrected chi connectivity index (χ0v) is 18.4. The van der Waals surface area contributed by atoms with Crippen LogP contribution in [0.2, 0.25) is 0 Å². The van der Waals surface area contributed by atoms with Gasteiger partial charge in [-0.3, -0.25) is 4.79 Å². The second kappa shape index (κ2) is 9.07. The number of anilines is 1. The Morgan fingerprint density at radius 2 is 2.00 bits per heavy atom. The Labute approximate surface area is 177 Å². The lowest BCUT2D eigenvalue weighted by molar-refractivity contribution is 0.102. The number of carbonyl (C=O) groups is 1. The lowest BCUT2D eigenvalue weighted by Gasteiger charge is -2.35. The molecule has 162 valence electrons. The topological polar surface area (TPSA) is 105 Å². The van der Waals surface area contributed by atoms with E-state index >= 15 is 0 Å². The number of methoxy groups -OCH3 is 1. The van der Waals surface area contributed by atoms with Crippen molar-refractivity contribution in [1.82, 2.24) is 18.6 Å². The largest absolute Gasteiger partial charge is 0.495 e. The highest BCUT2D eigenvalue weighted by atomic mass is 32.2. The summed E-state index contributed by atoms with van der Waals surface area (Å²) in [4.78, 5) is 21.6. The summed E-state index contributed by atoms with van der Waals surface area (Å²) in [5.74, 6) is 0.601.